The van der Waals surface area contributed by atoms with Gasteiger partial charge in [-0.2, -0.15) is 0 Å². The topological polar surface area (TPSA) is 60.4 Å². The molecule has 0 amide bonds. The fourth-order valence-corrected chi connectivity index (χ4v) is 4.67. The van der Waals surface area contributed by atoms with Gasteiger partial charge in [-0.1, -0.05) is 28.5 Å². The van der Waals surface area contributed by atoms with Crippen LogP contribution in [-0.4, -0.2) is 50.4 Å². The molecule has 2 aliphatic heterocycles. The number of allylic oxidation sites excluding steroid dienone is 3. The zero-order chi connectivity index (χ0) is 20.8. The molecular weight excluding hydrogens is 412 g/mol. The van der Waals surface area contributed by atoms with E-state index < -0.39 is 0 Å². The number of hydrogen-bond donors (Lipinski definition) is 0. The van der Waals surface area contributed by atoms with Gasteiger partial charge in [0.05, 0.1) is 23.8 Å². The Morgan fingerprint density at radius 1 is 1.45 bits per heavy atom. The molecule has 0 bridgehead atoms. The SMILES string of the molecule is CO/N=C\CC1=C(C)N(CC2CCCO2)/C(=C/C(=O)c2cc(Cl)ccc2OC)S1. The molecule has 156 valence electrons. The summed E-state index contributed by atoms with van der Waals surface area (Å²) < 4.78 is 11.2. The highest BCUT2D eigenvalue weighted by Gasteiger charge is 2.29. The second-order valence-corrected chi connectivity index (χ2v) is 8.27. The van der Waals surface area contributed by atoms with E-state index in [4.69, 9.17) is 25.9 Å². The van der Waals surface area contributed by atoms with E-state index in [1.807, 2.05) is 0 Å². The number of thioether (sulfide) groups is 1. The summed E-state index contributed by atoms with van der Waals surface area (Å²) in [6.07, 6.45) is 6.27. The molecule has 0 radical (unpaired) electrons. The highest BCUT2D eigenvalue weighted by atomic mass is 35.5. The third kappa shape index (κ3) is 5.35. The van der Waals surface area contributed by atoms with Gasteiger partial charge in [-0.25, -0.2) is 0 Å². The van der Waals surface area contributed by atoms with Crippen LogP contribution < -0.4 is 4.74 Å². The van der Waals surface area contributed by atoms with Crippen LogP contribution in [0.15, 0.2) is 45.1 Å². The lowest BCUT2D eigenvalue weighted by Gasteiger charge is -2.24. The van der Waals surface area contributed by atoms with Crippen LogP contribution in [0.3, 0.4) is 0 Å². The number of nitrogens with zero attached hydrogens (tertiary/aromatic N) is 2. The van der Waals surface area contributed by atoms with E-state index in [1.165, 1.54) is 7.11 Å². The molecule has 2 heterocycles. The second kappa shape index (κ2) is 10.2. The maximum Gasteiger partial charge on any atom is 0.192 e. The molecule has 1 aromatic carbocycles. The second-order valence-electron chi connectivity index (χ2n) is 6.72. The quantitative estimate of drug-likeness (QED) is 0.251. The molecule has 0 saturated carbocycles. The Kier molecular flexibility index (Phi) is 7.64. The smallest absolute Gasteiger partial charge is 0.192 e. The van der Waals surface area contributed by atoms with Crippen LogP contribution in [0.2, 0.25) is 5.02 Å². The number of benzene rings is 1. The molecule has 0 aromatic heterocycles. The molecule has 0 spiro atoms. The molecule has 1 atom stereocenters. The van der Waals surface area contributed by atoms with Gasteiger partial charge in [-0.3, -0.25) is 4.79 Å². The molecule has 0 aliphatic carbocycles. The number of rotatable bonds is 8. The lowest BCUT2D eigenvalue weighted by Crippen LogP contribution is -2.28. The van der Waals surface area contributed by atoms with E-state index in [2.05, 4.69) is 17.0 Å². The summed E-state index contributed by atoms with van der Waals surface area (Å²) in [5.74, 6) is 0.353. The van der Waals surface area contributed by atoms with Gasteiger partial charge < -0.3 is 19.2 Å². The summed E-state index contributed by atoms with van der Waals surface area (Å²) in [6, 6.07) is 5.05. The minimum absolute atomic E-state index is 0.149. The van der Waals surface area contributed by atoms with Crippen molar-refractivity contribution in [2.75, 3.05) is 27.4 Å². The Labute approximate surface area is 180 Å². The van der Waals surface area contributed by atoms with Crippen molar-refractivity contribution >= 4 is 35.4 Å². The molecule has 2 aliphatic rings. The Hall–Kier alpha value is -1.96. The summed E-state index contributed by atoms with van der Waals surface area (Å²) in [7, 11) is 3.06. The van der Waals surface area contributed by atoms with Crippen LogP contribution in [0.1, 0.15) is 36.5 Å². The van der Waals surface area contributed by atoms with Crippen molar-refractivity contribution in [3.8, 4) is 5.75 Å². The molecule has 1 fully saturated rings. The predicted molar refractivity (Wildman–Crippen MR) is 117 cm³/mol. The van der Waals surface area contributed by atoms with Crippen LogP contribution in [0.5, 0.6) is 5.75 Å². The molecule has 1 aromatic rings. The summed E-state index contributed by atoms with van der Waals surface area (Å²) in [4.78, 5) is 21.1. The standard InChI is InChI=1S/C21H25ClN2O4S/c1-14-20(8-9-23-27-3)29-21(24(14)13-16-5-4-10-28-16)12-18(25)17-11-15(22)6-7-19(17)26-2/h6-7,9,11-12,16H,4-5,8,10,13H2,1-3H3/b21-12-,23-9-. The van der Waals surface area contributed by atoms with Crippen LogP contribution in [0.4, 0.5) is 0 Å². The Morgan fingerprint density at radius 3 is 2.97 bits per heavy atom. The molecule has 8 heteroatoms. The number of methoxy groups -OCH3 is 1. The van der Waals surface area contributed by atoms with Crippen LogP contribution in [0, 0.1) is 0 Å². The molecular formula is C21H25ClN2O4S. The van der Waals surface area contributed by atoms with Crippen LogP contribution in [-0.2, 0) is 9.57 Å². The zero-order valence-electron chi connectivity index (χ0n) is 16.8. The number of carbonyl (C=O) groups excluding carboxylic acids is 1. The molecule has 1 saturated heterocycles. The maximum atomic E-state index is 13.0. The summed E-state index contributed by atoms with van der Waals surface area (Å²) in [5, 5.41) is 5.19. The van der Waals surface area contributed by atoms with Gasteiger partial charge in [0.2, 0.25) is 0 Å². The van der Waals surface area contributed by atoms with E-state index in [9.17, 15) is 4.79 Å². The number of ketones is 1. The van der Waals surface area contributed by atoms with Crippen LogP contribution in [0.25, 0.3) is 0 Å². The van der Waals surface area contributed by atoms with Gasteiger partial charge in [-0.05, 0) is 38.0 Å². The fraction of sp³-hybridized carbons (Fsp3) is 0.429. The number of hydrogen-bond acceptors (Lipinski definition) is 7. The number of carbonyl (C=O) groups is 1. The molecule has 3 rings (SSSR count). The average molecular weight is 437 g/mol. The fourth-order valence-electron chi connectivity index (χ4n) is 3.34. The van der Waals surface area contributed by atoms with Gasteiger partial charge in [-0.15, -0.1) is 0 Å². The largest absolute Gasteiger partial charge is 0.496 e. The van der Waals surface area contributed by atoms with Gasteiger partial charge in [0, 0.05) is 47.5 Å². The third-order valence-electron chi connectivity index (χ3n) is 4.85. The van der Waals surface area contributed by atoms with Crippen molar-refractivity contribution in [1.82, 2.24) is 4.90 Å². The molecule has 6 nitrogen and oxygen atoms in total. The van der Waals surface area contributed by atoms with Gasteiger partial charge in [0.15, 0.2) is 5.78 Å². The lowest BCUT2D eigenvalue weighted by molar-refractivity contribution is 0.0923. The molecule has 1 unspecified atom stereocenters. The Bertz CT molecular complexity index is 847. The Morgan fingerprint density at radius 2 is 2.28 bits per heavy atom. The molecule has 29 heavy (non-hydrogen) atoms. The third-order valence-corrected chi connectivity index (χ3v) is 6.34. The van der Waals surface area contributed by atoms with Gasteiger partial charge in [0.1, 0.15) is 12.9 Å². The van der Waals surface area contributed by atoms with Crippen molar-refractivity contribution in [2.24, 2.45) is 5.16 Å². The van der Waals surface area contributed by atoms with Crippen molar-refractivity contribution in [3.63, 3.8) is 0 Å². The van der Waals surface area contributed by atoms with Crippen molar-refractivity contribution in [2.45, 2.75) is 32.3 Å². The first-order valence-corrected chi connectivity index (χ1v) is 10.6. The normalized spacial score (nSPS) is 20.9. The van der Waals surface area contributed by atoms with Gasteiger partial charge in [0.25, 0.3) is 0 Å². The number of oxime groups is 1. The zero-order valence-corrected chi connectivity index (χ0v) is 18.4. The van der Waals surface area contributed by atoms with E-state index >= 15 is 0 Å². The van der Waals surface area contributed by atoms with Crippen molar-refractivity contribution < 1.29 is 19.1 Å². The minimum atomic E-state index is -0.149. The van der Waals surface area contributed by atoms with Crippen LogP contribution >= 0.6 is 23.4 Å². The number of ether oxygens (including phenoxy) is 2. The van der Waals surface area contributed by atoms with E-state index in [0.717, 1.165) is 41.6 Å². The first kappa shape index (κ1) is 21.7. The minimum Gasteiger partial charge on any atom is -0.496 e. The summed E-state index contributed by atoms with van der Waals surface area (Å²) in [5.41, 5.74) is 1.54. The van der Waals surface area contributed by atoms with E-state index in [1.54, 1.807) is 49.4 Å². The monoisotopic (exact) mass is 436 g/mol. The first-order valence-electron chi connectivity index (χ1n) is 9.44. The Balaban J connectivity index is 1.87. The van der Waals surface area contributed by atoms with E-state index in [0.29, 0.717) is 22.8 Å². The van der Waals surface area contributed by atoms with Crippen molar-refractivity contribution in [1.29, 1.82) is 0 Å². The maximum absolute atomic E-state index is 13.0. The average Bonchev–Trinajstić information content (AvgIpc) is 3.32. The highest BCUT2D eigenvalue weighted by molar-refractivity contribution is 8.07. The first-order chi connectivity index (χ1) is 14.0. The van der Waals surface area contributed by atoms with E-state index in [-0.39, 0.29) is 11.9 Å². The molecule has 0 N–H and O–H groups in total. The number of halogens is 1. The van der Waals surface area contributed by atoms with Gasteiger partial charge >= 0.3 is 0 Å². The van der Waals surface area contributed by atoms with Crippen molar-refractivity contribution in [3.05, 3.63) is 50.5 Å². The lowest BCUT2D eigenvalue weighted by atomic mass is 10.1. The summed E-state index contributed by atoms with van der Waals surface area (Å²) in [6.45, 7) is 3.57. The highest BCUT2D eigenvalue weighted by Crippen LogP contribution is 2.43. The summed E-state index contributed by atoms with van der Waals surface area (Å²) >= 11 is 7.67. The predicted octanol–water partition coefficient (Wildman–Crippen LogP) is 4.85.